The molecule has 2 N–H and O–H groups in total. The van der Waals surface area contributed by atoms with Gasteiger partial charge in [0.2, 0.25) is 11.8 Å². The Bertz CT molecular complexity index is 681. The lowest BCUT2D eigenvalue weighted by molar-refractivity contribution is -0.131. The summed E-state index contributed by atoms with van der Waals surface area (Å²) in [5, 5.41) is 9.57. The van der Waals surface area contributed by atoms with Crippen LogP contribution in [0.2, 0.25) is 0 Å². The molecule has 114 valence electrons. The van der Waals surface area contributed by atoms with E-state index in [1.54, 1.807) is 18.1 Å². The van der Waals surface area contributed by atoms with Crippen molar-refractivity contribution in [2.45, 2.75) is 25.3 Å². The number of H-pyrrole nitrogens is 1. The predicted octanol–water partition coefficient (Wildman–Crippen LogP) is 1.88. The number of benzene rings is 1. The Morgan fingerprint density at radius 2 is 2.18 bits per heavy atom. The molecule has 22 heavy (non-hydrogen) atoms. The molecule has 2 amide bonds. The van der Waals surface area contributed by atoms with E-state index in [4.69, 9.17) is 0 Å². The second-order valence-corrected chi connectivity index (χ2v) is 5.57. The minimum Gasteiger partial charge on any atom is -0.340 e. The summed E-state index contributed by atoms with van der Waals surface area (Å²) in [4.78, 5) is 25.9. The van der Waals surface area contributed by atoms with Crippen LogP contribution >= 0.6 is 0 Å². The number of nitrogens with one attached hydrogen (secondary N) is 2. The van der Waals surface area contributed by atoms with Crippen molar-refractivity contribution >= 4 is 17.5 Å². The van der Waals surface area contributed by atoms with Crippen LogP contribution in [0, 0.1) is 0 Å². The fourth-order valence-corrected chi connectivity index (χ4v) is 2.77. The second-order valence-electron chi connectivity index (χ2n) is 5.57. The lowest BCUT2D eigenvalue weighted by atomic mass is 9.87. The lowest BCUT2D eigenvalue weighted by Gasteiger charge is -2.26. The van der Waals surface area contributed by atoms with Crippen LogP contribution in [0.25, 0.3) is 0 Å². The third kappa shape index (κ3) is 3.00. The number of amides is 2. The molecule has 1 aromatic heterocycles. The molecule has 6 heteroatoms. The standard InChI is InChI=1S/C16H18N4O2/c1-20(10-12-6-7-17-19-12)16(22)9-11-8-15(21)18-14-5-3-2-4-13(11)14/h2-7,11H,8-10H2,1H3,(H,17,19)(H,18,21). The molecule has 0 saturated carbocycles. The number of aromatic amines is 1. The van der Waals surface area contributed by atoms with Crippen LogP contribution in [0.3, 0.4) is 0 Å². The Hall–Kier alpha value is -2.63. The average molecular weight is 298 g/mol. The SMILES string of the molecule is CN(Cc1ccn[nH]1)C(=O)CC1CC(=O)Nc2ccccc21. The van der Waals surface area contributed by atoms with Crippen molar-refractivity contribution in [3.63, 3.8) is 0 Å². The van der Waals surface area contributed by atoms with Gasteiger partial charge in [-0.3, -0.25) is 14.7 Å². The normalized spacial score (nSPS) is 16.8. The van der Waals surface area contributed by atoms with E-state index in [0.29, 0.717) is 19.4 Å². The van der Waals surface area contributed by atoms with Gasteiger partial charge in [-0.15, -0.1) is 0 Å². The Labute approximate surface area is 128 Å². The van der Waals surface area contributed by atoms with Crippen LogP contribution in [0.15, 0.2) is 36.5 Å². The zero-order chi connectivity index (χ0) is 15.5. The summed E-state index contributed by atoms with van der Waals surface area (Å²) >= 11 is 0. The van der Waals surface area contributed by atoms with Crippen LogP contribution in [-0.4, -0.2) is 34.0 Å². The first-order chi connectivity index (χ1) is 10.6. The zero-order valence-corrected chi connectivity index (χ0v) is 12.4. The molecule has 1 aliphatic rings. The fourth-order valence-electron chi connectivity index (χ4n) is 2.77. The van der Waals surface area contributed by atoms with Crippen molar-refractivity contribution < 1.29 is 9.59 Å². The molecule has 3 rings (SSSR count). The quantitative estimate of drug-likeness (QED) is 0.904. The minimum absolute atomic E-state index is 0.0177. The average Bonchev–Trinajstić information content (AvgIpc) is 3.00. The summed E-state index contributed by atoms with van der Waals surface area (Å²) in [5.41, 5.74) is 2.73. The maximum atomic E-state index is 12.4. The highest BCUT2D eigenvalue weighted by Gasteiger charge is 2.27. The van der Waals surface area contributed by atoms with Crippen molar-refractivity contribution in [1.29, 1.82) is 0 Å². The summed E-state index contributed by atoms with van der Waals surface area (Å²) in [7, 11) is 1.76. The molecule has 1 unspecified atom stereocenters. The zero-order valence-electron chi connectivity index (χ0n) is 12.4. The number of anilines is 1. The highest BCUT2D eigenvalue weighted by atomic mass is 16.2. The molecule has 1 atom stereocenters. The summed E-state index contributed by atoms with van der Waals surface area (Å²) in [6.07, 6.45) is 2.34. The van der Waals surface area contributed by atoms with Crippen molar-refractivity contribution in [3.8, 4) is 0 Å². The number of carbonyl (C=O) groups excluding carboxylic acids is 2. The Kier molecular flexibility index (Phi) is 3.91. The Morgan fingerprint density at radius 1 is 1.36 bits per heavy atom. The summed E-state index contributed by atoms with van der Waals surface area (Å²) in [6.45, 7) is 0.486. The van der Waals surface area contributed by atoms with Gasteiger partial charge in [0.25, 0.3) is 0 Å². The van der Waals surface area contributed by atoms with Gasteiger partial charge in [-0.1, -0.05) is 18.2 Å². The van der Waals surface area contributed by atoms with Crippen LogP contribution in [0.1, 0.15) is 30.0 Å². The molecule has 0 radical (unpaired) electrons. The molecule has 0 bridgehead atoms. The van der Waals surface area contributed by atoms with Gasteiger partial charge >= 0.3 is 0 Å². The molecule has 1 aromatic carbocycles. The van der Waals surface area contributed by atoms with Gasteiger partial charge in [0.05, 0.1) is 12.2 Å². The molecule has 2 aromatic rings. The van der Waals surface area contributed by atoms with E-state index in [1.165, 1.54) is 0 Å². The van der Waals surface area contributed by atoms with Gasteiger partial charge in [-0.25, -0.2) is 0 Å². The number of hydrogen-bond acceptors (Lipinski definition) is 3. The Balaban J connectivity index is 1.70. The van der Waals surface area contributed by atoms with Crippen LogP contribution in [-0.2, 0) is 16.1 Å². The van der Waals surface area contributed by atoms with Gasteiger partial charge in [0.1, 0.15) is 0 Å². The van der Waals surface area contributed by atoms with Crippen molar-refractivity contribution in [1.82, 2.24) is 15.1 Å². The first-order valence-electron chi connectivity index (χ1n) is 7.24. The minimum atomic E-state index is -0.0679. The number of para-hydroxylation sites is 1. The van der Waals surface area contributed by atoms with Crippen LogP contribution in [0.4, 0.5) is 5.69 Å². The topological polar surface area (TPSA) is 78.1 Å². The molecule has 6 nitrogen and oxygen atoms in total. The third-order valence-electron chi connectivity index (χ3n) is 3.92. The van der Waals surface area contributed by atoms with E-state index in [2.05, 4.69) is 15.5 Å². The fraction of sp³-hybridized carbons (Fsp3) is 0.312. The number of rotatable bonds is 4. The first kappa shape index (κ1) is 14.3. The Morgan fingerprint density at radius 3 is 2.95 bits per heavy atom. The number of fused-ring (bicyclic) bond motifs is 1. The summed E-state index contributed by atoms with van der Waals surface area (Å²) < 4.78 is 0. The lowest BCUT2D eigenvalue weighted by Crippen LogP contribution is -2.30. The van der Waals surface area contributed by atoms with Gasteiger partial charge in [-0.2, -0.15) is 5.10 Å². The number of aromatic nitrogens is 2. The smallest absolute Gasteiger partial charge is 0.225 e. The molecule has 0 saturated heterocycles. The van der Waals surface area contributed by atoms with E-state index in [0.717, 1.165) is 16.9 Å². The molecule has 1 aliphatic heterocycles. The van der Waals surface area contributed by atoms with Crippen molar-refractivity contribution in [2.24, 2.45) is 0 Å². The predicted molar refractivity (Wildman–Crippen MR) is 82.1 cm³/mol. The molecule has 0 spiro atoms. The second kappa shape index (κ2) is 6.01. The number of carbonyl (C=O) groups is 2. The van der Waals surface area contributed by atoms with Gasteiger partial charge in [0.15, 0.2) is 0 Å². The van der Waals surface area contributed by atoms with Crippen molar-refractivity contribution in [2.75, 3.05) is 12.4 Å². The molecule has 0 aliphatic carbocycles. The highest BCUT2D eigenvalue weighted by molar-refractivity contribution is 5.95. The maximum Gasteiger partial charge on any atom is 0.225 e. The monoisotopic (exact) mass is 298 g/mol. The molecule has 0 fully saturated rings. The van der Waals surface area contributed by atoms with E-state index in [9.17, 15) is 9.59 Å². The van der Waals surface area contributed by atoms with Gasteiger partial charge < -0.3 is 10.2 Å². The summed E-state index contributed by atoms with van der Waals surface area (Å²) in [6, 6.07) is 9.50. The van der Waals surface area contributed by atoms with Gasteiger partial charge in [-0.05, 0) is 17.7 Å². The first-order valence-corrected chi connectivity index (χ1v) is 7.24. The number of hydrogen-bond donors (Lipinski definition) is 2. The molecular weight excluding hydrogens is 280 g/mol. The van der Waals surface area contributed by atoms with Crippen molar-refractivity contribution in [3.05, 3.63) is 47.8 Å². The largest absolute Gasteiger partial charge is 0.340 e. The highest BCUT2D eigenvalue weighted by Crippen LogP contribution is 2.34. The van der Waals surface area contributed by atoms with Crippen LogP contribution in [0.5, 0.6) is 0 Å². The van der Waals surface area contributed by atoms with Gasteiger partial charge in [0, 0.05) is 37.7 Å². The van der Waals surface area contributed by atoms with E-state index >= 15 is 0 Å². The van der Waals surface area contributed by atoms with Crippen LogP contribution < -0.4 is 5.32 Å². The van der Waals surface area contributed by atoms with E-state index in [-0.39, 0.29) is 17.7 Å². The maximum absolute atomic E-state index is 12.4. The van der Waals surface area contributed by atoms with E-state index < -0.39 is 0 Å². The molecular formula is C16H18N4O2. The third-order valence-corrected chi connectivity index (χ3v) is 3.92. The molecule has 2 heterocycles. The summed E-state index contributed by atoms with van der Waals surface area (Å²) in [5.74, 6) is -0.0847. The number of nitrogens with zero attached hydrogens (tertiary/aromatic N) is 2. The van der Waals surface area contributed by atoms with E-state index in [1.807, 2.05) is 30.3 Å².